The lowest BCUT2D eigenvalue weighted by atomic mass is 10.3. The maximum atomic E-state index is 10.4. The van der Waals surface area contributed by atoms with Gasteiger partial charge in [-0.1, -0.05) is 22.5 Å². The highest BCUT2D eigenvalue weighted by molar-refractivity contribution is 9.09. The van der Waals surface area contributed by atoms with Crippen LogP contribution in [0.4, 0.5) is 0 Å². The topological polar surface area (TPSA) is 29.1 Å². The maximum absolute atomic E-state index is 10.4. The molecule has 0 heterocycles. The number of hydrogen-bond donors (Lipinski definition) is 1. The van der Waals surface area contributed by atoms with Crippen molar-refractivity contribution in [2.45, 2.75) is 0 Å². The molecule has 0 unspecified atom stereocenters. The molecule has 0 aliphatic carbocycles. The number of carbonyl (C=O) groups excluding carboxylic acids is 1. The highest BCUT2D eigenvalue weighted by Crippen LogP contribution is 1.93. The van der Waals surface area contributed by atoms with E-state index in [2.05, 4.69) is 22.5 Å². The van der Waals surface area contributed by atoms with Crippen LogP contribution in [0.5, 0.6) is 0 Å². The van der Waals surface area contributed by atoms with Gasteiger partial charge >= 0.3 is 0 Å². The number of halogens is 1. The number of carbonyl (C=O) groups is 1. The minimum atomic E-state index is -0.332. The van der Waals surface area contributed by atoms with Gasteiger partial charge in [0.2, 0.25) is 5.91 Å². The minimum absolute atomic E-state index is 0.332. The summed E-state index contributed by atoms with van der Waals surface area (Å²) in [7, 11) is 4.77. The number of alkyl halides is 1. The van der Waals surface area contributed by atoms with Gasteiger partial charge in [0.15, 0.2) is 0 Å². The highest BCUT2D eigenvalue weighted by Gasteiger charge is 1.99. The van der Waals surface area contributed by atoms with Crippen LogP contribution in [0.3, 0.4) is 0 Å². The fourth-order valence-corrected chi connectivity index (χ4v) is 0.417. The fraction of sp³-hybridized carbons (Fsp3) is 0.200. The molecule has 2 nitrogen and oxygen atoms in total. The second kappa shape index (κ2) is 3.66. The summed E-state index contributed by atoms with van der Waals surface area (Å²) in [5.74, 6) is -0.332. The van der Waals surface area contributed by atoms with Crippen LogP contribution in [0.2, 0.25) is 0 Å². The molecular formula is C5H6BrNO. The summed E-state index contributed by atoms with van der Waals surface area (Å²) < 4.78 is 0. The van der Waals surface area contributed by atoms with Crippen LogP contribution in [0, 0.1) is 7.05 Å². The van der Waals surface area contributed by atoms with Gasteiger partial charge < -0.3 is 5.32 Å². The number of nitrogens with one attached hydrogen (secondary N) is 1. The van der Waals surface area contributed by atoms with Crippen LogP contribution in [-0.2, 0) is 4.79 Å². The summed E-state index contributed by atoms with van der Waals surface area (Å²) in [6.45, 7) is 3.41. The molecule has 3 heteroatoms. The Labute approximate surface area is 57.1 Å². The first-order valence-electron chi connectivity index (χ1n) is 1.97. The molecule has 0 aliphatic rings. The Balaban J connectivity index is 3.64. The fourth-order valence-electron chi connectivity index (χ4n) is 0.163. The predicted molar refractivity (Wildman–Crippen MR) is 35.4 cm³/mol. The molecule has 0 saturated heterocycles. The molecule has 44 valence electrons. The van der Waals surface area contributed by atoms with E-state index >= 15 is 0 Å². The third kappa shape index (κ3) is 2.12. The highest BCUT2D eigenvalue weighted by atomic mass is 79.9. The van der Waals surface area contributed by atoms with Crippen LogP contribution in [0.1, 0.15) is 0 Å². The first-order valence-corrected chi connectivity index (χ1v) is 3.09. The van der Waals surface area contributed by atoms with Crippen molar-refractivity contribution < 1.29 is 4.79 Å². The Kier molecular flexibility index (Phi) is 3.52. The van der Waals surface area contributed by atoms with Crippen molar-refractivity contribution >= 4 is 21.8 Å². The molecule has 2 radical (unpaired) electrons. The Bertz CT molecular complexity index is 97.0. The Morgan fingerprint density at radius 1 is 1.88 bits per heavy atom. The smallest absolute Gasteiger partial charge is 0.247 e. The molecule has 0 fully saturated rings. The maximum Gasteiger partial charge on any atom is 0.247 e. The van der Waals surface area contributed by atoms with E-state index in [4.69, 9.17) is 7.05 Å². The largest absolute Gasteiger partial charge is 0.345 e. The summed E-state index contributed by atoms with van der Waals surface area (Å²) in [6, 6.07) is 0. The molecule has 0 atom stereocenters. The van der Waals surface area contributed by atoms with E-state index in [1.165, 1.54) is 0 Å². The van der Waals surface area contributed by atoms with Crippen molar-refractivity contribution in [3.05, 3.63) is 19.2 Å². The Hall–Kier alpha value is -0.310. The number of amides is 1. The summed E-state index contributed by atoms with van der Waals surface area (Å²) in [5.41, 5.74) is 0.424. The zero-order chi connectivity index (χ0) is 6.57. The van der Waals surface area contributed by atoms with Gasteiger partial charge in [0.05, 0.1) is 7.05 Å². The second-order valence-corrected chi connectivity index (χ2v) is 1.77. The molecule has 0 bridgehead atoms. The van der Waals surface area contributed by atoms with Gasteiger partial charge in [-0.2, -0.15) is 0 Å². The van der Waals surface area contributed by atoms with Crippen molar-refractivity contribution in [3.63, 3.8) is 0 Å². The Morgan fingerprint density at radius 3 is 2.50 bits per heavy atom. The summed E-state index contributed by atoms with van der Waals surface area (Å²) >= 11 is 3.04. The van der Waals surface area contributed by atoms with Gasteiger partial charge in [-0.15, -0.1) is 0 Å². The average molecular weight is 176 g/mol. The van der Waals surface area contributed by atoms with E-state index in [9.17, 15) is 4.79 Å². The van der Waals surface area contributed by atoms with E-state index < -0.39 is 0 Å². The lowest BCUT2D eigenvalue weighted by molar-refractivity contribution is -0.116. The normalized spacial score (nSPS) is 8.25. The van der Waals surface area contributed by atoms with Crippen LogP contribution in [-0.4, -0.2) is 11.2 Å². The van der Waals surface area contributed by atoms with E-state index in [1.54, 1.807) is 0 Å². The monoisotopic (exact) mass is 175 g/mol. The summed E-state index contributed by atoms with van der Waals surface area (Å²) in [6.07, 6.45) is 0. The van der Waals surface area contributed by atoms with E-state index in [1.807, 2.05) is 5.32 Å². The van der Waals surface area contributed by atoms with Gasteiger partial charge in [-0.25, -0.2) is 0 Å². The standard InChI is InChI=1S/C5H6BrNO/c1-4(3-6)5(8)7-2/h2H,1,3H2,(H,7,8). The van der Waals surface area contributed by atoms with Crippen molar-refractivity contribution in [1.82, 2.24) is 5.32 Å². The lowest BCUT2D eigenvalue weighted by Crippen LogP contribution is -2.17. The first-order chi connectivity index (χ1) is 3.72. The minimum Gasteiger partial charge on any atom is -0.345 e. The molecule has 1 amide bonds. The van der Waals surface area contributed by atoms with E-state index in [0.717, 1.165) is 0 Å². The molecular weight excluding hydrogens is 170 g/mol. The van der Waals surface area contributed by atoms with Gasteiger partial charge in [-0.3, -0.25) is 4.79 Å². The van der Waals surface area contributed by atoms with Gasteiger partial charge in [-0.05, 0) is 0 Å². The zero-order valence-corrected chi connectivity index (χ0v) is 5.86. The number of rotatable bonds is 2. The van der Waals surface area contributed by atoms with Crippen LogP contribution < -0.4 is 5.32 Å². The quantitative estimate of drug-likeness (QED) is 0.375. The third-order valence-corrected chi connectivity index (χ3v) is 1.29. The molecule has 0 aromatic rings. The van der Waals surface area contributed by atoms with Crippen molar-refractivity contribution in [2.24, 2.45) is 0 Å². The van der Waals surface area contributed by atoms with Crippen LogP contribution in [0.15, 0.2) is 12.2 Å². The second-order valence-electron chi connectivity index (χ2n) is 1.21. The van der Waals surface area contributed by atoms with Gasteiger partial charge in [0.25, 0.3) is 0 Å². The van der Waals surface area contributed by atoms with Crippen molar-refractivity contribution in [1.29, 1.82) is 0 Å². The zero-order valence-electron chi connectivity index (χ0n) is 4.28. The summed E-state index contributed by atoms with van der Waals surface area (Å²) in [5, 5.41) is 2.40. The van der Waals surface area contributed by atoms with Gasteiger partial charge in [0.1, 0.15) is 0 Å². The summed E-state index contributed by atoms with van der Waals surface area (Å²) in [4.78, 5) is 10.4. The molecule has 0 saturated carbocycles. The van der Waals surface area contributed by atoms with E-state index in [-0.39, 0.29) is 5.91 Å². The van der Waals surface area contributed by atoms with Crippen LogP contribution >= 0.6 is 15.9 Å². The Morgan fingerprint density at radius 2 is 2.38 bits per heavy atom. The number of hydrogen-bond acceptors (Lipinski definition) is 1. The first kappa shape index (κ1) is 7.69. The van der Waals surface area contributed by atoms with E-state index in [0.29, 0.717) is 10.9 Å². The SMILES string of the molecule is [CH]NC(=O)C(=C)CBr. The van der Waals surface area contributed by atoms with Crippen molar-refractivity contribution in [3.8, 4) is 0 Å². The molecule has 0 spiro atoms. The lowest BCUT2D eigenvalue weighted by Gasteiger charge is -1.95. The molecule has 0 rings (SSSR count). The molecule has 0 aromatic heterocycles. The third-order valence-electron chi connectivity index (χ3n) is 0.614. The average Bonchev–Trinajstić information content (AvgIpc) is 1.84. The predicted octanol–water partition coefficient (Wildman–Crippen LogP) is 0.722. The molecule has 0 aromatic carbocycles. The molecule has 1 N–H and O–H groups in total. The van der Waals surface area contributed by atoms with Crippen LogP contribution in [0.25, 0.3) is 0 Å². The molecule has 8 heavy (non-hydrogen) atoms. The molecule has 0 aliphatic heterocycles. The van der Waals surface area contributed by atoms with Crippen molar-refractivity contribution in [2.75, 3.05) is 5.33 Å². The van der Waals surface area contributed by atoms with Gasteiger partial charge in [0, 0.05) is 10.9 Å².